The van der Waals surface area contributed by atoms with Crippen LogP contribution in [0.15, 0.2) is 12.1 Å². The molecule has 0 heterocycles. The molecule has 1 fully saturated rings. The van der Waals surface area contributed by atoms with Crippen LogP contribution in [0.5, 0.6) is 5.75 Å². The first kappa shape index (κ1) is 20.4. The molecule has 0 spiro atoms. The van der Waals surface area contributed by atoms with E-state index in [1.807, 2.05) is 20.8 Å². The molecule has 1 aromatic rings. The summed E-state index contributed by atoms with van der Waals surface area (Å²) in [4.78, 5) is 24.3. The van der Waals surface area contributed by atoms with E-state index in [2.05, 4.69) is 16.0 Å². The zero-order valence-corrected chi connectivity index (χ0v) is 16.4. The van der Waals surface area contributed by atoms with Crippen molar-refractivity contribution in [2.24, 2.45) is 5.41 Å². The quantitative estimate of drug-likeness (QED) is 0.442. The normalized spacial score (nSPS) is 15.4. The molecule has 0 bridgehead atoms. The van der Waals surface area contributed by atoms with Gasteiger partial charge in [0.2, 0.25) is 5.91 Å². The number of anilines is 2. The molecule has 0 radical (unpaired) electrons. The molecule has 4 N–H and O–H groups in total. The van der Waals surface area contributed by atoms with Gasteiger partial charge in [0.25, 0.3) is 0 Å². The minimum Gasteiger partial charge on any atom is -0.504 e. The van der Waals surface area contributed by atoms with Gasteiger partial charge in [-0.2, -0.15) is 0 Å². The number of carbonyl (C=O) groups excluding carboxylic acids is 2. The number of benzene rings is 1. The van der Waals surface area contributed by atoms with Crippen LogP contribution in [-0.4, -0.2) is 23.1 Å². The predicted molar refractivity (Wildman–Crippen MR) is 105 cm³/mol. The Hall–Kier alpha value is -1.95. The summed E-state index contributed by atoms with van der Waals surface area (Å²) >= 11 is 6.04. The van der Waals surface area contributed by atoms with Crippen molar-refractivity contribution in [3.05, 3.63) is 17.2 Å². The van der Waals surface area contributed by atoms with Crippen LogP contribution in [0, 0.1) is 5.41 Å². The molecule has 0 aliphatic heterocycles. The van der Waals surface area contributed by atoms with E-state index in [9.17, 15) is 14.7 Å². The maximum Gasteiger partial charge on any atom is 0.319 e. The second kappa shape index (κ2) is 8.62. The molecule has 3 amide bonds. The predicted octanol–water partition coefficient (Wildman–Crippen LogP) is 4.87. The van der Waals surface area contributed by atoms with Crippen LogP contribution >= 0.6 is 11.6 Å². The summed E-state index contributed by atoms with van der Waals surface area (Å²) in [5, 5.41) is 18.5. The fourth-order valence-corrected chi connectivity index (χ4v) is 3.26. The van der Waals surface area contributed by atoms with Gasteiger partial charge in [0.05, 0.1) is 10.7 Å². The van der Waals surface area contributed by atoms with Gasteiger partial charge in [0.1, 0.15) is 0 Å². The summed E-state index contributed by atoms with van der Waals surface area (Å²) in [6.07, 6.45) is 5.73. The lowest BCUT2D eigenvalue weighted by molar-refractivity contribution is -0.117. The Bertz CT molecular complexity index is 665. The van der Waals surface area contributed by atoms with E-state index in [1.165, 1.54) is 18.6 Å². The number of carbonyl (C=O) groups is 2. The summed E-state index contributed by atoms with van der Waals surface area (Å²) in [7, 11) is 0. The third kappa shape index (κ3) is 6.41. The maximum absolute atomic E-state index is 12.2. The Morgan fingerprint density at radius 2 is 1.81 bits per heavy atom. The number of halogens is 1. The first-order valence-electron chi connectivity index (χ1n) is 9.04. The standard InChI is InChI=1S/C19H28ClN3O3/c1-19(2,3)11-16(24)23-15-10-13(9-14(20)17(15)25)22-18(26)21-12-7-5-4-6-8-12/h9-10,12,25H,4-8,11H2,1-3H3,(H,23,24)(H2,21,22,26). The van der Waals surface area contributed by atoms with E-state index in [0.29, 0.717) is 12.1 Å². The lowest BCUT2D eigenvalue weighted by Crippen LogP contribution is -2.39. The SMILES string of the molecule is CC(C)(C)CC(=O)Nc1cc(NC(=O)NC2CCCCC2)cc(Cl)c1O. The molecule has 7 heteroatoms. The van der Waals surface area contributed by atoms with Gasteiger partial charge in [-0.25, -0.2) is 4.79 Å². The van der Waals surface area contributed by atoms with Crippen molar-refractivity contribution in [2.45, 2.75) is 65.3 Å². The van der Waals surface area contributed by atoms with Gasteiger partial charge in [-0.15, -0.1) is 0 Å². The minimum absolute atomic E-state index is 0.0616. The van der Waals surface area contributed by atoms with Crippen molar-refractivity contribution in [2.75, 3.05) is 10.6 Å². The van der Waals surface area contributed by atoms with Crippen LogP contribution in [0.25, 0.3) is 0 Å². The molecule has 26 heavy (non-hydrogen) atoms. The summed E-state index contributed by atoms with van der Waals surface area (Å²) < 4.78 is 0. The van der Waals surface area contributed by atoms with Gasteiger partial charge < -0.3 is 21.1 Å². The van der Waals surface area contributed by atoms with E-state index in [1.54, 1.807) is 0 Å². The van der Waals surface area contributed by atoms with Crippen molar-refractivity contribution < 1.29 is 14.7 Å². The average molecular weight is 382 g/mol. The number of nitrogens with one attached hydrogen (secondary N) is 3. The molecule has 1 saturated carbocycles. The fraction of sp³-hybridized carbons (Fsp3) is 0.579. The van der Waals surface area contributed by atoms with E-state index >= 15 is 0 Å². The molecule has 1 aliphatic rings. The number of aromatic hydroxyl groups is 1. The van der Waals surface area contributed by atoms with Crippen molar-refractivity contribution in [3.8, 4) is 5.75 Å². The van der Waals surface area contributed by atoms with Crippen LogP contribution in [0.3, 0.4) is 0 Å². The Kier molecular flexibility index (Phi) is 6.75. The van der Waals surface area contributed by atoms with E-state index < -0.39 is 0 Å². The first-order valence-corrected chi connectivity index (χ1v) is 9.42. The second-order valence-corrected chi connectivity index (χ2v) is 8.48. The molecular weight excluding hydrogens is 354 g/mol. The van der Waals surface area contributed by atoms with Crippen LogP contribution < -0.4 is 16.0 Å². The van der Waals surface area contributed by atoms with Gasteiger partial charge in [0.15, 0.2) is 5.75 Å². The van der Waals surface area contributed by atoms with Crippen LogP contribution in [-0.2, 0) is 4.79 Å². The lowest BCUT2D eigenvalue weighted by atomic mass is 9.92. The molecule has 1 aliphatic carbocycles. The Morgan fingerprint density at radius 1 is 1.15 bits per heavy atom. The number of rotatable bonds is 4. The molecule has 0 atom stereocenters. The molecule has 6 nitrogen and oxygen atoms in total. The van der Waals surface area contributed by atoms with Gasteiger partial charge in [-0.05, 0) is 30.4 Å². The fourth-order valence-electron chi connectivity index (χ4n) is 3.04. The highest BCUT2D eigenvalue weighted by Crippen LogP contribution is 2.35. The highest BCUT2D eigenvalue weighted by atomic mass is 35.5. The first-order chi connectivity index (χ1) is 12.1. The highest BCUT2D eigenvalue weighted by molar-refractivity contribution is 6.33. The number of hydrogen-bond acceptors (Lipinski definition) is 3. The summed E-state index contributed by atoms with van der Waals surface area (Å²) in [6, 6.07) is 2.83. The summed E-state index contributed by atoms with van der Waals surface area (Å²) in [6.45, 7) is 5.85. The number of phenolic OH excluding ortho intramolecular Hbond substituents is 1. The van der Waals surface area contributed by atoms with E-state index in [-0.39, 0.29) is 39.9 Å². The Labute approximate surface area is 159 Å². The third-order valence-electron chi connectivity index (χ3n) is 4.23. The van der Waals surface area contributed by atoms with E-state index in [0.717, 1.165) is 25.7 Å². The van der Waals surface area contributed by atoms with Crippen LogP contribution in [0.4, 0.5) is 16.2 Å². The number of hydrogen-bond donors (Lipinski definition) is 4. The molecule has 2 rings (SSSR count). The molecule has 0 saturated heterocycles. The maximum atomic E-state index is 12.2. The topological polar surface area (TPSA) is 90.5 Å². The van der Waals surface area contributed by atoms with Crippen molar-refractivity contribution in [1.82, 2.24) is 5.32 Å². The van der Waals surface area contributed by atoms with E-state index in [4.69, 9.17) is 11.6 Å². The highest BCUT2D eigenvalue weighted by Gasteiger charge is 2.19. The number of urea groups is 1. The monoisotopic (exact) mass is 381 g/mol. The van der Waals surface area contributed by atoms with Gasteiger partial charge in [0, 0.05) is 18.2 Å². The summed E-state index contributed by atoms with van der Waals surface area (Å²) in [5.41, 5.74) is 0.408. The molecule has 1 aromatic carbocycles. The Morgan fingerprint density at radius 3 is 2.42 bits per heavy atom. The zero-order chi connectivity index (χ0) is 19.3. The number of amides is 3. The minimum atomic E-state index is -0.314. The smallest absolute Gasteiger partial charge is 0.319 e. The zero-order valence-electron chi connectivity index (χ0n) is 15.6. The molecule has 0 aromatic heterocycles. The Balaban J connectivity index is 2.03. The molecule has 144 valence electrons. The summed E-state index contributed by atoms with van der Waals surface area (Å²) in [5.74, 6) is -0.445. The van der Waals surface area contributed by atoms with Gasteiger partial charge >= 0.3 is 6.03 Å². The van der Waals surface area contributed by atoms with Gasteiger partial charge in [-0.1, -0.05) is 51.6 Å². The van der Waals surface area contributed by atoms with Crippen molar-refractivity contribution >= 4 is 34.9 Å². The molecule has 0 unspecified atom stereocenters. The van der Waals surface area contributed by atoms with Crippen molar-refractivity contribution in [3.63, 3.8) is 0 Å². The second-order valence-electron chi connectivity index (χ2n) is 8.07. The lowest BCUT2D eigenvalue weighted by Gasteiger charge is -2.23. The largest absolute Gasteiger partial charge is 0.504 e. The van der Waals surface area contributed by atoms with Crippen LogP contribution in [0.2, 0.25) is 5.02 Å². The van der Waals surface area contributed by atoms with Gasteiger partial charge in [-0.3, -0.25) is 4.79 Å². The molecular formula is C19H28ClN3O3. The van der Waals surface area contributed by atoms with Crippen LogP contribution in [0.1, 0.15) is 59.3 Å². The number of phenols is 1. The average Bonchev–Trinajstić information content (AvgIpc) is 2.51. The van der Waals surface area contributed by atoms with Crippen molar-refractivity contribution in [1.29, 1.82) is 0 Å². The third-order valence-corrected chi connectivity index (χ3v) is 4.51.